The van der Waals surface area contributed by atoms with Crippen molar-refractivity contribution >= 4 is 17.2 Å². The maximum atomic E-state index is 5.78. The van der Waals surface area contributed by atoms with Gasteiger partial charge >= 0.3 is 0 Å². The lowest BCUT2D eigenvalue weighted by Crippen LogP contribution is -1.98. The molecule has 0 unspecified atom stereocenters. The fourth-order valence-electron chi connectivity index (χ4n) is 2.90. The fraction of sp³-hybridized carbons (Fsp3) is 0.143. The average molecular weight is 373 g/mol. The van der Waals surface area contributed by atoms with Gasteiger partial charge in [0, 0.05) is 11.9 Å². The van der Waals surface area contributed by atoms with E-state index in [-0.39, 0.29) is 0 Å². The van der Waals surface area contributed by atoms with Crippen LogP contribution in [-0.2, 0) is 22.8 Å². The number of hydrogen-bond donors (Lipinski definition) is 0. The summed E-state index contributed by atoms with van der Waals surface area (Å²) in [5, 5.41) is 3.79. The van der Waals surface area contributed by atoms with Gasteiger partial charge in [0.1, 0.15) is 19.8 Å². The molecule has 7 nitrogen and oxygen atoms in total. The van der Waals surface area contributed by atoms with Crippen LogP contribution in [0, 0.1) is 0 Å². The normalized spacial score (nSPS) is 11.3. The highest BCUT2D eigenvalue weighted by Crippen LogP contribution is 2.20. The molecule has 0 aliphatic rings. The molecule has 0 aliphatic heterocycles. The summed E-state index contributed by atoms with van der Waals surface area (Å²) < 4.78 is 7.83. The van der Waals surface area contributed by atoms with Gasteiger partial charge in [-0.1, -0.05) is 23.4 Å². The number of hydrogen-bond acceptors (Lipinski definition) is 6. The van der Waals surface area contributed by atoms with Crippen LogP contribution in [0.2, 0.25) is 0 Å². The Labute approximate surface area is 162 Å². The summed E-state index contributed by atoms with van der Waals surface area (Å²) in [4.78, 5) is 17.3. The average Bonchev–Trinajstić information content (AvgIpc) is 3.16. The Morgan fingerprint density at radius 3 is 2.89 bits per heavy atom. The smallest absolute Gasteiger partial charge is 0.115 e. The largest absolute Gasteiger partial charge is 0.399 e. The first-order valence-electron chi connectivity index (χ1n) is 8.79. The lowest BCUT2D eigenvalue weighted by molar-refractivity contribution is 0.104. The number of nitrogens with zero attached hydrogens (tertiary/aromatic N) is 5. The second-order valence-electron chi connectivity index (χ2n) is 6.14. The predicted octanol–water partition coefficient (Wildman–Crippen LogP) is 3.51. The van der Waals surface area contributed by atoms with Crippen LogP contribution in [0.3, 0.4) is 0 Å². The summed E-state index contributed by atoms with van der Waals surface area (Å²) in [5.41, 5.74) is 5.83. The van der Waals surface area contributed by atoms with Gasteiger partial charge in [0.2, 0.25) is 0 Å². The molecule has 0 spiro atoms. The van der Waals surface area contributed by atoms with Crippen molar-refractivity contribution in [3.05, 3.63) is 84.2 Å². The van der Waals surface area contributed by atoms with Crippen LogP contribution in [-0.4, -0.2) is 32.8 Å². The van der Waals surface area contributed by atoms with Crippen molar-refractivity contribution in [2.24, 2.45) is 5.16 Å². The lowest BCUT2D eigenvalue weighted by atomic mass is 10.2. The molecule has 2 aromatic carbocycles. The number of oxime groups is 1. The Balaban J connectivity index is 1.51. The van der Waals surface area contributed by atoms with E-state index in [0.717, 1.165) is 33.5 Å². The SMILES string of the molecule is CO/N=C\c1ccc2c(c1)ncn2-c1cccc(COCc2ccncn2)c1. The summed E-state index contributed by atoms with van der Waals surface area (Å²) in [6, 6.07) is 16.0. The fourth-order valence-corrected chi connectivity index (χ4v) is 2.90. The first-order chi connectivity index (χ1) is 13.8. The summed E-state index contributed by atoms with van der Waals surface area (Å²) in [6.07, 6.45) is 6.72. The molecule has 2 heterocycles. The predicted molar refractivity (Wildman–Crippen MR) is 106 cm³/mol. The molecule has 7 heteroatoms. The number of aromatic nitrogens is 4. The van der Waals surface area contributed by atoms with Crippen molar-refractivity contribution in [2.75, 3.05) is 7.11 Å². The van der Waals surface area contributed by atoms with E-state index in [0.29, 0.717) is 13.2 Å². The zero-order valence-corrected chi connectivity index (χ0v) is 15.4. The van der Waals surface area contributed by atoms with Crippen molar-refractivity contribution in [3.63, 3.8) is 0 Å². The Hall–Kier alpha value is -3.58. The van der Waals surface area contributed by atoms with Crippen molar-refractivity contribution < 1.29 is 9.57 Å². The van der Waals surface area contributed by atoms with Crippen LogP contribution in [0.25, 0.3) is 16.7 Å². The Morgan fingerprint density at radius 1 is 1.07 bits per heavy atom. The van der Waals surface area contributed by atoms with Crippen LogP contribution in [0.1, 0.15) is 16.8 Å². The molecule has 4 rings (SSSR count). The second-order valence-corrected chi connectivity index (χ2v) is 6.14. The van der Waals surface area contributed by atoms with E-state index in [9.17, 15) is 0 Å². The Morgan fingerprint density at radius 2 is 2.04 bits per heavy atom. The molecular formula is C21H19N5O2. The summed E-state index contributed by atoms with van der Waals surface area (Å²) in [5.74, 6) is 0. The second kappa shape index (κ2) is 8.41. The van der Waals surface area contributed by atoms with Crippen molar-refractivity contribution in [2.45, 2.75) is 13.2 Å². The van der Waals surface area contributed by atoms with Crippen LogP contribution >= 0.6 is 0 Å². The number of rotatable bonds is 7. The molecule has 0 saturated heterocycles. The minimum Gasteiger partial charge on any atom is -0.399 e. The van der Waals surface area contributed by atoms with Gasteiger partial charge in [-0.05, 0) is 41.5 Å². The van der Waals surface area contributed by atoms with Crippen LogP contribution in [0.4, 0.5) is 0 Å². The third-order valence-corrected chi connectivity index (χ3v) is 4.23. The van der Waals surface area contributed by atoms with E-state index in [1.54, 1.807) is 12.4 Å². The quantitative estimate of drug-likeness (QED) is 0.366. The monoisotopic (exact) mass is 373 g/mol. The topological polar surface area (TPSA) is 74.4 Å². The zero-order valence-electron chi connectivity index (χ0n) is 15.4. The van der Waals surface area contributed by atoms with E-state index in [2.05, 4.69) is 36.8 Å². The van der Waals surface area contributed by atoms with E-state index >= 15 is 0 Å². The van der Waals surface area contributed by atoms with Gasteiger partial charge in [0.25, 0.3) is 0 Å². The zero-order chi connectivity index (χ0) is 19.2. The number of benzene rings is 2. The standard InChI is InChI=1S/C21H19N5O2/c1-27-25-11-16-5-6-21-20(10-16)24-15-26(21)19-4-2-3-17(9-19)12-28-13-18-7-8-22-14-23-18/h2-11,14-15H,12-13H2,1H3/b25-11-. The molecule has 0 aliphatic carbocycles. The van der Waals surface area contributed by atoms with Gasteiger partial charge in [0.05, 0.1) is 36.2 Å². The molecule has 0 bridgehead atoms. The van der Waals surface area contributed by atoms with Gasteiger partial charge in [-0.3, -0.25) is 4.57 Å². The molecule has 0 fully saturated rings. The molecule has 0 saturated carbocycles. The first-order valence-corrected chi connectivity index (χ1v) is 8.79. The third-order valence-electron chi connectivity index (χ3n) is 4.23. The Kier molecular flexibility index (Phi) is 5.35. The molecule has 0 atom stereocenters. The van der Waals surface area contributed by atoms with Gasteiger partial charge in [-0.25, -0.2) is 15.0 Å². The number of imidazole rings is 1. The van der Waals surface area contributed by atoms with Crippen LogP contribution < -0.4 is 0 Å². The highest BCUT2D eigenvalue weighted by Gasteiger charge is 2.06. The number of ether oxygens (including phenoxy) is 1. The maximum Gasteiger partial charge on any atom is 0.115 e. The van der Waals surface area contributed by atoms with E-state index in [1.165, 1.54) is 13.4 Å². The van der Waals surface area contributed by atoms with Crippen LogP contribution in [0.15, 0.2) is 72.5 Å². The lowest BCUT2D eigenvalue weighted by Gasteiger charge is -2.08. The van der Waals surface area contributed by atoms with Crippen LogP contribution in [0.5, 0.6) is 0 Å². The maximum absolute atomic E-state index is 5.78. The molecular weight excluding hydrogens is 354 g/mol. The highest BCUT2D eigenvalue weighted by molar-refractivity contribution is 5.87. The third kappa shape index (κ3) is 4.05. The number of fused-ring (bicyclic) bond motifs is 1. The molecule has 2 aromatic heterocycles. The van der Waals surface area contributed by atoms with Crippen molar-refractivity contribution in [1.82, 2.24) is 19.5 Å². The first kappa shape index (κ1) is 17.8. The van der Waals surface area contributed by atoms with Gasteiger partial charge in [-0.2, -0.15) is 0 Å². The summed E-state index contributed by atoms with van der Waals surface area (Å²) in [6.45, 7) is 0.953. The van der Waals surface area contributed by atoms with E-state index < -0.39 is 0 Å². The molecule has 0 N–H and O–H groups in total. The van der Waals surface area contributed by atoms with Gasteiger partial charge < -0.3 is 9.57 Å². The summed E-state index contributed by atoms with van der Waals surface area (Å²) in [7, 11) is 1.52. The van der Waals surface area contributed by atoms with Crippen molar-refractivity contribution in [1.29, 1.82) is 0 Å². The minimum atomic E-state index is 0.451. The van der Waals surface area contributed by atoms with Gasteiger partial charge in [-0.15, -0.1) is 0 Å². The molecule has 0 amide bonds. The molecule has 4 aromatic rings. The molecule has 28 heavy (non-hydrogen) atoms. The minimum absolute atomic E-state index is 0.451. The van der Waals surface area contributed by atoms with E-state index in [1.807, 2.05) is 42.7 Å². The highest BCUT2D eigenvalue weighted by atomic mass is 16.6. The Bertz CT molecular complexity index is 1090. The van der Waals surface area contributed by atoms with Gasteiger partial charge in [0.15, 0.2) is 0 Å². The van der Waals surface area contributed by atoms with E-state index in [4.69, 9.17) is 9.57 Å². The molecule has 140 valence electrons. The van der Waals surface area contributed by atoms with Crippen molar-refractivity contribution in [3.8, 4) is 5.69 Å². The summed E-state index contributed by atoms with van der Waals surface area (Å²) >= 11 is 0. The molecule has 0 radical (unpaired) electrons.